The maximum Gasteiger partial charge on any atom is 0.315 e. The molecule has 4 aliphatic rings. The largest absolute Gasteiger partial charge is 0.363 e. The number of piperidine rings is 1. The second kappa shape index (κ2) is 15.4. The van der Waals surface area contributed by atoms with Crippen LogP contribution in [0, 0.1) is 17.3 Å². The first-order valence-electron chi connectivity index (χ1n) is 17.1. The molecule has 2 saturated heterocycles. The van der Waals surface area contributed by atoms with Crippen LogP contribution in [0.15, 0.2) is 0 Å². The fourth-order valence-electron chi connectivity index (χ4n) is 7.13. The summed E-state index contributed by atoms with van der Waals surface area (Å²) in [6.07, 6.45) is 9.66. The van der Waals surface area contributed by atoms with E-state index in [1.165, 1.54) is 9.80 Å². The first-order valence-corrected chi connectivity index (χ1v) is 17.1. The molecule has 2 heterocycles. The van der Waals surface area contributed by atoms with Gasteiger partial charge in [0, 0.05) is 25.9 Å². The number of nitrogens with one attached hydrogen (secondary N) is 3. The third-order valence-corrected chi connectivity index (χ3v) is 10.3. The number of hydrogen-bond donors (Lipinski definition) is 4. The zero-order chi connectivity index (χ0) is 33.6. The number of carbonyl (C=O) groups is 7. The number of primary amides is 1. The molecule has 0 aromatic heterocycles. The van der Waals surface area contributed by atoms with Crippen molar-refractivity contribution < 1.29 is 33.6 Å². The molecule has 0 aromatic rings. The van der Waals surface area contributed by atoms with E-state index < -0.39 is 53.2 Å². The monoisotopic (exact) mass is 644 g/mol. The lowest BCUT2D eigenvalue weighted by Gasteiger charge is -2.38. The van der Waals surface area contributed by atoms with Crippen molar-refractivity contribution in [2.24, 2.45) is 23.0 Å². The molecule has 13 nitrogen and oxygen atoms in total. The van der Waals surface area contributed by atoms with Crippen LogP contribution in [0.4, 0.5) is 4.79 Å². The van der Waals surface area contributed by atoms with Crippen LogP contribution in [-0.2, 0) is 28.8 Å². The molecule has 256 valence electrons. The Balaban J connectivity index is 1.48. The van der Waals surface area contributed by atoms with E-state index in [1.807, 2.05) is 20.8 Å². The van der Waals surface area contributed by atoms with Gasteiger partial charge in [0.2, 0.25) is 29.4 Å². The molecular formula is C33H52N6O7. The second-order valence-corrected chi connectivity index (χ2v) is 14.7. The summed E-state index contributed by atoms with van der Waals surface area (Å²) in [6, 6.07) is -3.90. The maximum absolute atomic E-state index is 14.2. The van der Waals surface area contributed by atoms with Gasteiger partial charge in [-0.2, -0.15) is 0 Å². The standard InChI is InChI=1S/C33H52N6O7/c1-33(2,3)24(19-39-25(40)15-8-16-26(39)41)36-32(46)37-27(21-12-5-4-6-13-21)31(45)38-17-9-14-23(38)30(44)35-22(28(42)29(34)43)18-20-10-7-11-20/h20-24,27H,4-19H2,1-3H3,(H2,34,43)(H,35,44)(H2,36,37,46)/t22?,23-,24+,27-/m0/s1. The lowest BCUT2D eigenvalue weighted by Crippen LogP contribution is -2.61. The summed E-state index contributed by atoms with van der Waals surface area (Å²) in [5.74, 6) is -3.20. The summed E-state index contributed by atoms with van der Waals surface area (Å²) in [5.41, 5.74) is 4.78. The number of ketones is 1. The average molecular weight is 645 g/mol. The van der Waals surface area contributed by atoms with Gasteiger partial charge in [0.05, 0.1) is 12.1 Å². The number of Topliss-reactive ketones (excluding diaryl/α,β-unsaturated/α-hetero) is 1. The number of imide groups is 1. The summed E-state index contributed by atoms with van der Waals surface area (Å²) >= 11 is 0. The number of carbonyl (C=O) groups excluding carboxylic acids is 7. The predicted octanol–water partition coefficient (Wildman–Crippen LogP) is 1.91. The van der Waals surface area contributed by atoms with Gasteiger partial charge in [-0.15, -0.1) is 0 Å². The normalized spacial score (nSPS) is 23.2. The Bertz CT molecular complexity index is 1170. The Hall–Kier alpha value is -3.51. The minimum atomic E-state index is -1.10. The highest BCUT2D eigenvalue weighted by Gasteiger charge is 2.43. The van der Waals surface area contributed by atoms with Crippen molar-refractivity contribution >= 4 is 41.4 Å². The summed E-state index contributed by atoms with van der Waals surface area (Å²) in [6.45, 7) is 6.10. The molecule has 0 aromatic carbocycles. The van der Waals surface area contributed by atoms with Gasteiger partial charge in [0.1, 0.15) is 12.1 Å². The summed E-state index contributed by atoms with van der Waals surface area (Å²) in [5, 5.41) is 8.60. The molecule has 13 heteroatoms. The molecule has 5 N–H and O–H groups in total. The molecule has 4 fully saturated rings. The molecule has 2 aliphatic heterocycles. The molecular weight excluding hydrogens is 592 g/mol. The van der Waals surface area contributed by atoms with Gasteiger partial charge in [-0.25, -0.2) is 4.79 Å². The number of amides is 7. The Morgan fingerprint density at radius 1 is 0.826 bits per heavy atom. The van der Waals surface area contributed by atoms with E-state index in [0.29, 0.717) is 32.2 Å². The highest BCUT2D eigenvalue weighted by molar-refractivity contribution is 6.37. The molecule has 0 bridgehead atoms. The van der Waals surface area contributed by atoms with Crippen molar-refractivity contribution in [2.45, 2.75) is 135 Å². The molecule has 0 spiro atoms. The van der Waals surface area contributed by atoms with Crippen LogP contribution >= 0.6 is 0 Å². The molecule has 2 aliphatic carbocycles. The highest BCUT2D eigenvalue weighted by atomic mass is 16.2. The second-order valence-electron chi connectivity index (χ2n) is 14.7. The highest BCUT2D eigenvalue weighted by Crippen LogP contribution is 2.32. The molecule has 46 heavy (non-hydrogen) atoms. The third kappa shape index (κ3) is 8.85. The lowest BCUT2D eigenvalue weighted by molar-refractivity contribution is -0.148. The first kappa shape index (κ1) is 35.3. The van der Waals surface area contributed by atoms with Crippen molar-refractivity contribution in [3.8, 4) is 0 Å². The Kier molecular flexibility index (Phi) is 11.8. The van der Waals surface area contributed by atoms with Crippen LogP contribution < -0.4 is 21.7 Å². The zero-order valence-corrected chi connectivity index (χ0v) is 27.6. The van der Waals surface area contributed by atoms with Gasteiger partial charge in [0.25, 0.3) is 5.91 Å². The molecule has 7 amide bonds. The van der Waals surface area contributed by atoms with Crippen LogP contribution in [0.5, 0.6) is 0 Å². The number of hydrogen-bond acceptors (Lipinski definition) is 7. The average Bonchev–Trinajstić information content (AvgIpc) is 3.48. The van der Waals surface area contributed by atoms with Crippen molar-refractivity contribution in [1.82, 2.24) is 25.8 Å². The van der Waals surface area contributed by atoms with Crippen molar-refractivity contribution in [3.05, 3.63) is 0 Å². The SMILES string of the molecule is CC(C)(C)[C@@H](CN1C(=O)CCCC1=O)NC(=O)N[C@H](C(=O)N1CCC[C@H]1C(=O)NC(CC1CCC1)C(=O)C(N)=O)C1CCCCC1. The molecule has 2 saturated carbocycles. The zero-order valence-electron chi connectivity index (χ0n) is 27.6. The van der Waals surface area contributed by atoms with E-state index in [0.717, 1.165) is 51.4 Å². The van der Waals surface area contributed by atoms with E-state index in [4.69, 9.17) is 5.73 Å². The first-order chi connectivity index (χ1) is 21.8. The van der Waals surface area contributed by atoms with E-state index >= 15 is 0 Å². The molecule has 1 unspecified atom stereocenters. The maximum atomic E-state index is 14.2. The van der Waals surface area contributed by atoms with Gasteiger partial charge in [-0.1, -0.05) is 59.3 Å². The van der Waals surface area contributed by atoms with Crippen molar-refractivity contribution in [1.29, 1.82) is 0 Å². The van der Waals surface area contributed by atoms with Gasteiger partial charge in [-0.3, -0.25) is 33.7 Å². The summed E-state index contributed by atoms with van der Waals surface area (Å²) in [4.78, 5) is 93.4. The minimum absolute atomic E-state index is 0.0387. The molecule has 4 atom stereocenters. The minimum Gasteiger partial charge on any atom is -0.363 e. The number of likely N-dealkylation sites (tertiary alicyclic amines) is 2. The van der Waals surface area contributed by atoms with Crippen LogP contribution in [0.25, 0.3) is 0 Å². The molecule has 4 rings (SSSR count). The van der Waals surface area contributed by atoms with E-state index in [9.17, 15) is 33.6 Å². The van der Waals surface area contributed by atoms with Crippen LogP contribution in [-0.4, -0.2) is 88.4 Å². The van der Waals surface area contributed by atoms with Gasteiger partial charge in [-0.05, 0) is 55.8 Å². The number of urea groups is 1. The van der Waals surface area contributed by atoms with E-state index in [2.05, 4.69) is 16.0 Å². The molecule has 0 radical (unpaired) electrons. The van der Waals surface area contributed by atoms with Crippen molar-refractivity contribution in [3.63, 3.8) is 0 Å². The topological polar surface area (TPSA) is 188 Å². The number of nitrogens with two attached hydrogens (primary N) is 1. The Morgan fingerprint density at radius 3 is 2.04 bits per heavy atom. The fraction of sp³-hybridized carbons (Fsp3) is 0.788. The van der Waals surface area contributed by atoms with Crippen molar-refractivity contribution in [2.75, 3.05) is 13.1 Å². The van der Waals surface area contributed by atoms with E-state index in [1.54, 1.807) is 0 Å². The van der Waals surface area contributed by atoms with Crippen LogP contribution in [0.1, 0.15) is 111 Å². The van der Waals surface area contributed by atoms with Crippen LogP contribution in [0.3, 0.4) is 0 Å². The Morgan fingerprint density at radius 2 is 1.48 bits per heavy atom. The quantitative estimate of drug-likeness (QED) is 0.184. The Labute approximate surface area is 271 Å². The third-order valence-electron chi connectivity index (χ3n) is 10.3. The fourth-order valence-corrected chi connectivity index (χ4v) is 7.13. The van der Waals surface area contributed by atoms with E-state index in [-0.39, 0.29) is 48.9 Å². The lowest BCUT2D eigenvalue weighted by atomic mass is 9.80. The summed E-state index contributed by atoms with van der Waals surface area (Å²) < 4.78 is 0. The van der Waals surface area contributed by atoms with Gasteiger partial charge >= 0.3 is 6.03 Å². The predicted molar refractivity (Wildman–Crippen MR) is 169 cm³/mol. The smallest absolute Gasteiger partial charge is 0.315 e. The number of rotatable bonds is 12. The van der Waals surface area contributed by atoms with Gasteiger partial charge in [0.15, 0.2) is 0 Å². The van der Waals surface area contributed by atoms with Crippen LogP contribution in [0.2, 0.25) is 0 Å². The number of nitrogens with zero attached hydrogens (tertiary/aromatic N) is 2. The van der Waals surface area contributed by atoms with Gasteiger partial charge < -0.3 is 26.6 Å². The summed E-state index contributed by atoms with van der Waals surface area (Å²) in [7, 11) is 0.